The van der Waals surface area contributed by atoms with Crippen molar-refractivity contribution in [2.24, 2.45) is 0 Å². The Morgan fingerprint density at radius 1 is 1.29 bits per heavy atom. The van der Waals surface area contributed by atoms with Crippen molar-refractivity contribution in [2.45, 2.75) is 9.79 Å². The highest BCUT2D eigenvalue weighted by molar-refractivity contribution is 7.91. The molecular formula is C13H19ClN2O6S2. The highest BCUT2D eigenvalue weighted by atomic mass is 35.5. The molecule has 0 saturated heterocycles. The van der Waals surface area contributed by atoms with E-state index in [1.807, 2.05) is 0 Å². The third kappa shape index (κ3) is 6.02. The van der Waals surface area contributed by atoms with Gasteiger partial charge in [0.2, 0.25) is 10.0 Å². The SMILES string of the molecule is COC(=O)CN(C)CCNS(=O)(=O)c1cc(S(C)(=O)=O)ccc1Cl. The van der Waals surface area contributed by atoms with Gasteiger partial charge in [0.1, 0.15) is 4.90 Å². The summed E-state index contributed by atoms with van der Waals surface area (Å²) in [6.45, 7) is 0.273. The Labute approximate surface area is 146 Å². The first-order valence-corrected chi connectivity index (χ1v) is 10.5. The minimum atomic E-state index is -3.99. The number of nitrogens with one attached hydrogen (secondary N) is 1. The van der Waals surface area contributed by atoms with E-state index in [1.54, 1.807) is 11.9 Å². The van der Waals surface area contributed by atoms with Gasteiger partial charge in [0.05, 0.1) is 23.6 Å². The van der Waals surface area contributed by atoms with E-state index in [0.29, 0.717) is 0 Å². The molecule has 0 bridgehead atoms. The summed E-state index contributed by atoms with van der Waals surface area (Å²) in [6.07, 6.45) is 0.974. The number of hydrogen-bond donors (Lipinski definition) is 1. The van der Waals surface area contributed by atoms with Crippen molar-refractivity contribution in [3.63, 3.8) is 0 Å². The number of methoxy groups -OCH3 is 1. The maximum atomic E-state index is 12.3. The Balaban J connectivity index is 2.84. The van der Waals surface area contributed by atoms with Crippen molar-refractivity contribution in [3.05, 3.63) is 23.2 Å². The molecule has 0 amide bonds. The van der Waals surface area contributed by atoms with Crippen LogP contribution in [0, 0.1) is 0 Å². The van der Waals surface area contributed by atoms with E-state index < -0.39 is 25.8 Å². The molecule has 0 fully saturated rings. The summed E-state index contributed by atoms with van der Waals surface area (Å²) in [5, 5.41) is -0.0854. The van der Waals surface area contributed by atoms with Crippen LogP contribution in [0.2, 0.25) is 5.02 Å². The lowest BCUT2D eigenvalue weighted by Crippen LogP contribution is -2.35. The van der Waals surface area contributed by atoms with Crippen molar-refractivity contribution < 1.29 is 26.4 Å². The van der Waals surface area contributed by atoms with Crippen molar-refractivity contribution in [2.75, 3.05) is 40.0 Å². The largest absolute Gasteiger partial charge is 0.468 e. The van der Waals surface area contributed by atoms with Crippen molar-refractivity contribution in [1.82, 2.24) is 9.62 Å². The Morgan fingerprint density at radius 2 is 1.92 bits per heavy atom. The molecule has 8 nitrogen and oxygen atoms in total. The smallest absolute Gasteiger partial charge is 0.319 e. The summed E-state index contributed by atoms with van der Waals surface area (Å²) in [5.74, 6) is -0.441. The Kier molecular flexibility index (Phi) is 7.17. The number of sulfonamides is 1. The van der Waals surface area contributed by atoms with Gasteiger partial charge in [-0.3, -0.25) is 9.69 Å². The first-order valence-electron chi connectivity index (χ1n) is 6.72. The summed E-state index contributed by atoms with van der Waals surface area (Å²) in [4.78, 5) is 12.2. The average Bonchev–Trinajstić information content (AvgIpc) is 2.45. The molecule has 0 aromatic heterocycles. The van der Waals surface area contributed by atoms with Crippen LogP contribution in [0.4, 0.5) is 0 Å². The molecule has 0 spiro atoms. The summed E-state index contributed by atoms with van der Waals surface area (Å²) in [6, 6.07) is 3.47. The molecule has 24 heavy (non-hydrogen) atoms. The number of likely N-dealkylation sites (N-methyl/N-ethyl adjacent to an activating group) is 1. The van der Waals surface area contributed by atoms with Gasteiger partial charge < -0.3 is 4.74 Å². The molecule has 0 saturated carbocycles. The van der Waals surface area contributed by atoms with E-state index in [0.717, 1.165) is 12.3 Å². The van der Waals surface area contributed by atoms with E-state index in [-0.39, 0.29) is 34.4 Å². The number of carbonyl (C=O) groups is 1. The third-order valence-electron chi connectivity index (χ3n) is 3.03. The van der Waals surface area contributed by atoms with E-state index in [1.165, 1.54) is 19.2 Å². The second-order valence-electron chi connectivity index (χ2n) is 5.08. The van der Waals surface area contributed by atoms with Crippen LogP contribution in [0.5, 0.6) is 0 Å². The van der Waals surface area contributed by atoms with Crippen molar-refractivity contribution >= 4 is 37.4 Å². The van der Waals surface area contributed by atoms with Crippen molar-refractivity contribution in [1.29, 1.82) is 0 Å². The normalized spacial score (nSPS) is 12.4. The summed E-state index contributed by atoms with van der Waals surface area (Å²) < 4.78 is 54.5. The summed E-state index contributed by atoms with van der Waals surface area (Å²) in [5.41, 5.74) is 0. The van der Waals surface area contributed by atoms with Gasteiger partial charge in [-0.15, -0.1) is 0 Å². The molecule has 136 valence electrons. The van der Waals surface area contributed by atoms with Crippen molar-refractivity contribution in [3.8, 4) is 0 Å². The van der Waals surface area contributed by atoms with Gasteiger partial charge in [0, 0.05) is 19.3 Å². The number of sulfone groups is 1. The van der Waals surface area contributed by atoms with Gasteiger partial charge in [-0.05, 0) is 25.2 Å². The maximum Gasteiger partial charge on any atom is 0.319 e. The monoisotopic (exact) mass is 398 g/mol. The maximum absolute atomic E-state index is 12.3. The first-order chi connectivity index (χ1) is 11.0. The van der Waals surface area contributed by atoms with E-state index >= 15 is 0 Å². The van der Waals surface area contributed by atoms with Gasteiger partial charge >= 0.3 is 5.97 Å². The van der Waals surface area contributed by atoms with Crippen LogP contribution in [-0.2, 0) is 29.4 Å². The van der Waals surface area contributed by atoms with Crippen LogP contribution < -0.4 is 4.72 Å². The van der Waals surface area contributed by atoms with Crippen LogP contribution in [0.25, 0.3) is 0 Å². The third-order valence-corrected chi connectivity index (χ3v) is 6.09. The number of esters is 1. The Hall–Kier alpha value is -1.20. The minimum absolute atomic E-state index is 0.00919. The predicted octanol–water partition coefficient (Wildman–Crippen LogP) is 0.127. The lowest BCUT2D eigenvalue weighted by atomic mass is 10.4. The van der Waals surface area contributed by atoms with Crippen LogP contribution in [0.1, 0.15) is 0 Å². The number of benzene rings is 1. The highest BCUT2D eigenvalue weighted by Gasteiger charge is 2.21. The minimum Gasteiger partial charge on any atom is -0.468 e. The van der Waals surface area contributed by atoms with Crippen LogP contribution in [0.15, 0.2) is 28.0 Å². The summed E-state index contributed by atoms with van der Waals surface area (Å²) in [7, 11) is -4.67. The fraction of sp³-hybridized carbons (Fsp3) is 0.462. The molecule has 0 aliphatic heterocycles. The fourth-order valence-electron chi connectivity index (χ4n) is 1.73. The molecule has 0 atom stereocenters. The number of rotatable bonds is 8. The number of hydrogen-bond acceptors (Lipinski definition) is 7. The van der Waals surface area contributed by atoms with E-state index in [9.17, 15) is 21.6 Å². The molecule has 0 aliphatic rings. The first kappa shape index (κ1) is 20.8. The number of halogens is 1. The molecular weight excluding hydrogens is 380 g/mol. The lowest BCUT2D eigenvalue weighted by molar-refractivity contribution is -0.141. The molecule has 11 heteroatoms. The fourth-order valence-corrected chi connectivity index (χ4v) is 4.00. The highest BCUT2D eigenvalue weighted by Crippen LogP contribution is 2.24. The van der Waals surface area contributed by atoms with Gasteiger partial charge in [-0.25, -0.2) is 21.6 Å². The zero-order valence-corrected chi connectivity index (χ0v) is 15.8. The molecule has 0 aliphatic carbocycles. The van der Waals surface area contributed by atoms with Gasteiger partial charge in [-0.1, -0.05) is 11.6 Å². The van der Waals surface area contributed by atoms with E-state index in [4.69, 9.17) is 11.6 Å². The van der Waals surface area contributed by atoms with Gasteiger partial charge in [0.15, 0.2) is 9.84 Å². The second kappa shape index (κ2) is 8.26. The number of carbonyl (C=O) groups excluding carboxylic acids is 1. The molecule has 0 heterocycles. The second-order valence-corrected chi connectivity index (χ2v) is 9.23. The van der Waals surface area contributed by atoms with E-state index in [2.05, 4.69) is 9.46 Å². The quantitative estimate of drug-likeness (QED) is 0.619. The number of ether oxygens (including phenoxy) is 1. The zero-order valence-electron chi connectivity index (χ0n) is 13.4. The Morgan fingerprint density at radius 3 is 2.46 bits per heavy atom. The van der Waals surface area contributed by atoms with Crippen LogP contribution >= 0.6 is 11.6 Å². The Bertz CT molecular complexity index is 808. The topological polar surface area (TPSA) is 110 Å². The molecule has 1 rings (SSSR count). The predicted molar refractivity (Wildman–Crippen MR) is 89.3 cm³/mol. The standard InChI is InChI=1S/C13H19ClN2O6S2/c1-16(9-13(17)22-2)7-6-15-24(20,21)12-8-10(23(3,18)19)4-5-11(12)14/h4-5,8,15H,6-7,9H2,1-3H3. The summed E-state index contributed by atoms with van der Waals surface area (Å²) >= 11 is 5.87. The molecule has 0 unspecified atom stereocenters. The average molecular weight is 399 g/mol. The molecule has 1 aromatic carbocycles. The van der Waals surface area contributed by atoms with Gasteiger partial charge in [-0.2, -0.15) is 0 Å². The van der Waals surface area contributed by atoms with Crippen LogP contribution in [0.3, 0.4) is 0 Å². The van der Waals surface area contributed by atoms with Crippen LogP contribution in [-0.4, -0.2) is 67.8 Å². The zero-order chi connectivity index (χ0) is 18.5. The van der Waals surface area contributed by atoms with Gasteiger partial charge in [0.25, 0.3) is 0 Å². The lowest BCUT2D eigenvalue weighted by Gasteiger charge is -2.15. The molecule has 1 N–H and O–H groups in total. The number of nitrogens with zero attached hydrogens (tertiary/aromatic N) is 1. The molecule has 0 radical (unpaired) electrons. The molecule has 1 aromatic rings.